The van der Waals surface area contributed by atoms with E-state index in [1.165, 1.54) is 10.8 Å². The predicted octanol–water partition coefficient (Wildman–Crippen LogP) is 4.45. The van der Waals surface area contributed by atoms with E-state index >= 15 is 0 Å². The van der Waals surface area contributed by atoms with E-state index < -0.39 is 0 Å². The molecule has 0 bridgehead atoms. The topological polar surface area (TPSA) is 35.0 Å². The van der Waals surface area contributed by atoms with Crippen LogP contribution >= 0.6 is 12.4 Å². The molecule has 2 heteroatoms. The van der Waals surface area contributed by atoms with E-state index in [9.17, 15) is 0 Å². The van der Waals surface area contributed by atoms with Gasteiger partial charge in [0.15, 0.2) is 0 Å². The van der Waals surface area contributed by atoms with Crippen LogP contribution in [0.5, 0.6) is 0 Å². The van der Waals surface area contributed by atoms with Crippen LogP contribution in [0.4, 0.5) is 0 Å². The van der Waals surface area contributed by atoms with Gasteiger partial charge in [-0.1, -0.05) is 62.4 Å². The Kier molecular flexibility index (Phi) is 9.41. The maximum Gasteiger partial charge on any atom is -0.0184 e. The van der Waals surface area contributed by atoms with Crippen LogP contribution in [0.25, 0.3) is 10.8 Å². The lowest BCUT2D eigenvalue weighted by atomic mass is 10.1. The summed E-state index contributed by atoms with van der Waals surface area (Å²) in [4.78, 5) is 0. The van der Waals surface area contributed by atoms with Gasteiger partial charge in [-0.15, -0.1) is 12.4 Å². The molecular formula is C12H18ClN. The third-order valence-electron chi connectivity index (χ3n) is 1.66. The van der Waals surface area contributed by atoms with Crippen molar-refractivity contribution in [1.29, 1.82) is 0 Å². The molecule has 0 aromatic heterocycles. The van der Waals surface area contributed by atoms with Crippen LogP contribution in [-0.2, 0) is 0 Å². The van der Waals surface area contributed by atoms with Crippen LogP contribution < -0.4 is 6.15 Å². The first-order valence-electron chi connectivity index (χ1n) is 4.40. The maximum atomic E-state index is 2.12. The molecule has 14 heavy (non-hydrogen) atoms. The number of hydrogen-bond acceptors (Lipinski definition) is 1. The summed E-state index contributed by atoms with van der Waals surface area (Å²) < 4.78 is 0. The lowest BCUT2D eigenvalue weighted by Crippen LogP contribution is -1.67. The molecule has 78 valence electrons. The molecule has 2 aromatic rings. The highest BCUT2D eigenvalue weighted by Gasteiger charge is 1.85. The van der Waals surface area contributed by atoms with Crippen molar-refractivity contribution >= 4 is 23.2 Å². The highest BCUT2D eigenvalue weighted by Crippen LogP contribution is 2.11. The first-order valence-corrected chi connectivity index (χ1v) is 4.40. The molecule has 0 amide bonds. The molecule has 0 atom stereocenters. The quantitative estimate of drug-likeness (QED) is 0.687. The number of hydrogen-bond donors (Lipinski definition) is 1. The summed E-state index contributed by atoms with van der Waals surface area (Å²) in [6.45, 7) is 4.00. The monoisotopic (exact) mass is 211 g/mol. The van der Waals surface area contributed by atoms with Crippen molar-refractivity contribution in [2.45, 2.75) is 13.8 Å². The van der Waals surface area contributed by atoms with Gasteiger partial charge in [-0.25, -0.2) is 0 Å². The SMILES string of the molecule is CC.Cl.N.c1ccc2ccccc2c1. The lowest BCUT2D eigenvalue weighted by Gasteiger charge is -1.92. The van der Waals surface area contributed by atoms with E-state index in [2.05, 4.69) is 48.5 Å². The lowest BCUT2D eigenvalue weighted by molar-refractivity contribution is 1.50. The summed E-state index contributed by atoms with van der Waals surface area (Å²) in [6, 6.07) is 16.7. The number of fused-ring (bicyclic) bond motifs is 1. The summed E-state index contributed by atoms with van der Waals surface area (Å²) in [5, 5.41) is 2.62. The van der Waals surface area contributed by atoms with Crippen LogP contribution in [0.15, 0.2) is 48.5 Å². The molecular weight excluding hydrogens is 194 g/mol. The second-order valence-corrected chi connectivity index (χ2v) is 2.35. The largest absolute Gasteiger partial charge is 0.344 e. The summed E-state index contributed by atoms with van der Waals surface area (Å²) in [6.07, 6.45) is 0. The van der Waals surface area contributed by atoms with Crippen molar-refractivity contribution in [1.82, 2.24) is 6.15 Å². The van der Waals surface area contributed by atoms with Crippen LogP contribution in [-0.4, -0.2) is 0 Å². The van der Waals surface area contributed by atoms with Crippen molar-refractivity contribution in [3.05, 3.63) is 48.5 Å². The normalized spacial score (nSPS) is 7.57. The molecule has 1 nitrogen and oxygen atoms in total. The Balaban J connectivity index is 0. The van der Waals surface area contributed by atoms with Crippen molar-refractivity contribution in [3.8, 4) is 0 Å². The van der Waals surface area contributed by atoms with Gasteiger partial charge < -0.3 is 6.15 Å². The Bertz CT molecular complexity index is 281. The van der Waals surface area contributed by atoms with Gasteiger partial charge in [-0.05, 0) is 10.8 Å². The van der Waals surface area contributed by atoms with E-state index in [0.717, 1.165) is 0 Å². The Labute approximate surface area is 92.1 Å². The first-order chi connectivity index (χ1) is 5.97. The fraction of sp³-hybridized carbons (Fsp3) is 0.167. The fourth-order valence-corrected chi connectivity index (χ4v) is 1.13. The van der Waals surface area contributed by atoms with Gasteiger partial charge >= 0.3 is 0 Å². The van der Waals surface area contributed by atoms with Crippen molar-refractivity contribution < 1.29 is 0 Å². The minimum absolute atomic E-state index is 0. The van der Waals surface area contributed by atoms with E-state index in [1.807, 2.05) is 13.8 Å². The predicted molar refractivity (Wildman–Crippen MR) is 67.6 cm³/mol. The van der Waals surface area contributed by atoms with Gasteiger partial charge in [-0.3, -0.25) is 0 Å². The van der Waals surface area contributed by atoms with Gasteiger partial charge in [0.2, 0.25) is 0 Å². The second kappa shape index (κ2) is 8.54. The average Bonchev–Trinajstić information content (AvgIpc) is 2.21. The number of halogens is 1. The summed E-state index contributed by atoms with van der Waals surface area (Å²) in [5.74, 6) is 0. The molecule has 0 saturated heterocycles. The van der Waals surface area contributed by atoms with Crippen molar-refractivity contribution in [2.24, 2.45) is 0 Å². The average molecular weight is 212 g/mol. The fourth-order valence-electron chi connectivity index (χ4n) is 1.13. The van der Waals surface area contributed by atoms with Crippen molar-refractivity contribution in [2.75, 3.05) is 0 Å². The van der Waals surface area contributed by atoms with E-state index in [0.29, 0.717) is 0 Å². The molecule has 3 N–H and O–H groups in total. The minimum Gasteiger partial charge on any atom is -0.344 e. The van der Waals surface area contributed by atoms with Crippen LogP contribution in [0.1, 0.15) is 13.8 Å². The molecule has 2 aromatic carbocycles. The molecule has 0 unspecified atom stereocenters. The Morgan fingerprint density at radius 1 is 0.643 bits per heavy atom. The minimum atomic E-state index is 0. The Hall–Kier alpha value is -1.05. The van der Waals surface area contributed by atoms with E-state index in [1.54, 1.807) is 0 Å². The molecule has 0 heterocycles. The molecule has 0 aliphatic heterocycles. The molecule has 0 spiro atoms. The van der Waals surface area contributed by atoms with Crippen LogP contribution in [0, 0.1) is 0 Å². The molecule has 0 radical (unpaired) electrons. The molecule has 0 saturated carbocycles. The smallest absolute Gasteiger partial charge is 0.0184 e. The zero-order valence-corrected chi connectivity index (χ0v) is 9.55. The third kappa shape index (κ3) is 3.77. The standard InChI is InChI=1S/C10H8.C2H6.ClH.H3N/c1-2-6-10-8-4-3-7-9(10)5-1;1-2;;/h1-8H;1-2H3;1H;1H3. The summed E-state index contributed by atoms with van der Waals surface area (Å²) in [5.41, 5.74) is 0. The highest BCUT2D eigenvalue weighted by molar-refractivity contribution is 5.85. The third-order valence-corrected chi connectivity index (χ3v) is 1.66. The first kappa shape index (κ1) is 15.4. The number of benzene rings is 2. The molecule has 0 aliphatic rings. The molecule has 0 aliphatic carbocycles. The van der Waals surface area contributed by atoms with Crippen LogP contribution in [0.3, 0.4) is 0 Å². The van der Waals surface area contributed by atoms with Gasteiger partial charge in [-0.2, -0.15) is 0 Å². The molecule has 2 rings (SSSR count). The van der Waals surface area contributed by atoms with Gasteiger partial charge in [0.25, 0.3) is 0 Å². The van der Waals surface area contributed by atoms with Gasteiger partial charge in [0.05, 0.1) is 0 Å². The highest BCUT2D eigenvalue weighted by atomic mass is 35.5. The zero-order chi connectivity index (χ0) is 8.81. The zero-order valence-electron chi connectivity index (χ0n) is 8.73. The molecule has 0 fully saturated rings. The second-order valence-electron chi connectivity index (χ2n) is 2.35. The Morgan fingerprint density at radius 2 is 0.857 bits per heavy atom. The van der Waals surface area contributed by atoms with E-state index in [-0.39, 0.29) is 18.6 Å². The van der Waals surface area contributed by atoms with Gasteiger partial charge in [0, 0.05) is 0 Å². The Morgan fingerprint density at radius 3 is 1.07 bits per heavy atom. The van der Waals surface area contributed by atoms with Crippen molar-refractivity contribution in [3.63, 3.8) is 0 Å². The maximum absolute atomic E-state index is 2.12. The van der Waals surface area contributed by atoms with Gasteiger partial charge in [0.1, 0.15) is 0 Å². The number of rotatable bonds is 0. The van der Waals surface area contributed by atoms with Crippen LogP contribution in [0.2, 0.25) is 0 Å². The summed E-state index contributed by atoms with van der Waals surface area (Å²) >= 11 is 0. The summed E-state index contributed by atoms with van der Waals surface area (Å²) in [7, 11) is 0. The van der Waals surface area contributed by atoms with E-state index in [4.69, 9.17) is 0 Å².